The summed E-state index contributed by atoms with van der Waals surface area (Å²) in [6, 6.07) is -1.07. The normalized spacial score (nSPS) is 29.0. The number of aryl methyl sites for hydroxylation is 1. The number of halogens is 3. The van der Waals surface area contributed by atoms with Crippen LogP contribution in [0.4, 0.5) is 25.1 Å². The lowest BCUT2D eigenvalue weighted by Gasteiger charge is -2.37. The highest BCUT2D eigenvalue weighted by Crippen LogP contribution is 2.45. The van der Waals surface area contributed by atoms with Gasteiger partial charge in [-0.25, -0.2) is 4.68 Å². The van der Waals surface area contributed by atoms with Gasteiger partial charge in [-0.05, 0) is 50.0 Å². The monoisotopic (exact) mass is 489 g/mol. The van der Waals surface area contributed by atoms with Gasteiger partial charge in [0, 0.05) is 32.0 Å². The van der Waals surface area contributed by atoms with Crippen LogP contribution < -0.4 is 10.2 Å². The van der Waals surface area contributed by atoms with Gasteiger partial charge in [-0.1, -0.05) is 36.0 Å². The summed E-state index contributed by atoms with van der Waals surface area (Å²) in [5.74, 6) is 1.44. The van der Waals surface area contributed by atoms with E-state index in [9.17, 15) is 13.2 Å². The fourth-order valence-corrected chi connectivity index (χ4v) is 5.85. The first-order valence-corrected chi connectivity index (χ1v) is 12.1. The van der Waals surface area contributed by atoms with E-state index in [2.05, 4.69) is 37.1 Å². The van der Waals surface area contributed by atoms with E-state index in [4.69, 9.17) is 4.42 Å². The Hall–Kier alpha value is -3.11. The third kappa shape index (κ3) is 4.48. The summed E-state index contributed by atoms with van der Waals surface area (Å²) in [5.41, 5.74) is 0.881. The third-order valence-electron chi connectivity index (χ3n) is 7.36. The minimum absolute atomic E-state index is 0.0385. The van der Waals surface area contributed by atoms with Crippen molar-refractivity contribution in [3.05, 3.63) is 48.2 Å². The molecule has 1 saturated heterocycles. The standard InChI is InChI=1S/C24H30F3N7O/c1-4-6-15(7-5-2)18-10-11-19(24(25,26)27)34-21(18)29-22(32-34)28-20-16-8-9-17(20)13-33(12-16)23-31-30-14(3)35-23/h4-7,16-20H,1,8-13H2,2-3H3,(H,28,32)/b7-5-,15-6+/t16-,17+,18?,19?,20?. The van der Waals surface area contributed by atoms with Gasteiger partial charge in [0.1, 0.15) is 11.9 Å². The molecule has 1 aliphatic carbocycles. The second-order valence-electron chi connectivity index (χ2n) is 9.60. The van der Waals surface area contributed by atoms with Crippen molar-refractivity contribution >= 4 is 12.0 Å². The van der Waals surface area contributed by atoms with Crippen LogP contribution in [0, 0.1) is 18.8 Å². The first kappa shape index (κ1) is 23.6. The molecule has 3 unspecified atom stereocenters. The number of aromatic nitrogens is 5. The van der Waals surface area contributed by atoms with Gasteiger partial charge in [0.2, 0.25) is 11.8 Å². The van der Waals surface area contributed by atoms with E-state index >= 15 is 0 Å². The van der Waals surface area contributed by atoms with Crippen LogP contribution in [0.1, 0.15) is 56.3 Å². The highest BCUT2D eigenvalue weighted by atomic mass is 19.4. The number of hydrogen-bond acceptors (Lipinski definition) is 7. The number of alkyl halides is 3. The summed E-state index contributed by atoms with van der Waals surface area (Å²) in [6.07, 6.45) is 5.22. The smallest absolute Gasteiger partial charge is 0.408 e. The molecule has 0 radical (unpaired) electrons. The van der Waals surface area contributed by atoms with Crippen LogP contribution >= 0.6 is 0 Å². The van der Waals surface area contributed by atoms with E-state index in [0.717, 1.165) is 36.2 Å². The molecule has 5 rings (SSSR count). The summed E-state index contributed by atoms with van der Waals surface area (Å²) >= 11 is 0. The van der Waals surface area contributed by atoms with Crippen molar-refractivity contribution < 1.29 is 17.6 Å². The fraction of sp³-hybridized carbons (Fsp3) is 0.583. The number of nitrogens with zero attached hydrogens (tertiary/aromatic N) is 6. The molecule has 1 N–H and O–H groups in total. The predicted molar refractivity (Wildman–Crippen MR) is 125 cm³/mol. The van der Waals surface area contributed by atoms with Gasteiger partial charge < -0.3 is 14.6 Å². The molecule has 2 aliphatic heterocycles. The first-order chi connectivity index (χ1) is 16.8. The van der Waals surface area contributed by atoms with Gasteiger partial charge in [-0.15, -0.1) is 10.2 Å². The van der Waals surface area contributed by atoms with Crippen LogP contribution in [0.2, 0.25) is 0 Å². The second kappa shape index (κ2) is 9.16. The molecular weight excluding hydrogens is 459 g/mol. The van der Waals surface area contributed by atoms with Gasteiger partial charge in [0.25, 0.3) is 0 Å². The highest BCUT2D eigenvalue weighted by molar-refractivity contribution is 5.38. The summed E-state index contributed by atoms with van der Waals surface area (Å²) in [4.78, 5) is 6.73. The average molecular weight is 490 g/mol. The molecule has 35 heavy (non-hydrogen) atoms. The molecule has 1 saturated carbocycles. The van der Waals surface area contributed by atoms with Crippen molar-refractivity contribution in [2.24, 2.45) is 11.8 Å². The zero-order valence-corrected chi connectivity index (χ0v) is 19.9. The molecule has 5 atom stereocenters. The van der Waals surface area contributed by atoms with E-state index < -0.39 is 12.2 Å². The lowest BCUT2D eigenvalue weighted by molar-refractivity contribution is -0.175. The molecule has 188 valence electrons. The Labute approximate surface area is 202 Å². The number of piperidine rings is 1. The van der Waals surface area contributed by atoms with Crippen LogP contribution in [0.3, 0.4) is 0 Å². The lowest BCUT2D eigenvalue weighted by Crippen LogP contribution is -2.48. The topological polar surface area (TPSA) is 84.9 Å². The number of fused-ring (bicyclic) bond motifs is 3. The van der Waals surface area contributed by atoms with Gasteiger partial charge in [0.15, 0.2) is 0 Å². The molecule has 2 bridgehead atoms. The summed E-state index contributed by atoms with van der Waals surface area (Å²) in [6.45, 7) is 8.89. The minimum atomic E-state index is -4.39. The number of anilines is 2. The molecule has 2 aromatic heterocycles. The van der Waals surface area contributed by atoms with Crippen LogP contribution in [0.5, 0.6) is 0 Å². The van der Waals surface area contributed by atoms with Crippen molar-refractivity contribution in [1.29, 1.82) is 0 Å². The van der Waals surface area contributed by atoms with Crippen LogP contribution in [-0.4, -0.2) is 50.3 Å². The van der Waals surface area contributed by atoms with Gasteiger partial charge >= 0.3 is 12.2 Å². The van der Waals surface area contributed by atoms with E-state index in [1.165, 1.54) is 0 Å². The average Bonchev–Trinajstić information content (AvgIpc) is 3.48. The Morgan fingerprint density at radius 3 is 2.49 bits per heavy atom. The molecule has 3 aliphatic rings. The maximum absolute atomic E-state index is 13.9. The second-order valence-corrected chi connectivity index (χ2v) is 9.60. The van der Waals surface area contributed by atoms with Crippen LogP contribution in [0.25, 0.3) is 0 Å². The third-order valence-corrected chi connectivity index (χ3v) is 7.36. The van der Waals surface area contributed by atoms with Crippen molar-refractivity contribution in [3.63, 3.8) is 0 Å². The lowest BCUT2D eigenvalue weighted by atomic mass is 9.87. The Balaban J connectivity index is 1.41. The number of rotatable bonds is 6. The molecular formula is C24H30F3N7O. The Kier molecular flexibility index (Phi) is 6.18. The largest absolute Gasteiger partial charge is 0.410 e. The van der Waals surface area contributed by atoms with E-state index in [-0.39, 0.29) is 36.2 Å². The molecule has 2 aromatic rings. The van der Waals surface area contributed by atoms with Crippen molar-refractivity contribution in [3.8, 4) is 0 Å². The van der Waals surface area contributed by atoms with Crippen LogP contribution in [-0.2, 0) is 0 Å². The number of nitrogens with one attached hydrogen (secondary N) is 1. The summed E-state index contributed by atoms with van der Waals surface area (Å²) in [7, 11) is 0. The maximum Gasteiger partial charge on any atom is 0.410 e. The van der Waals surface area contributed by atoms with E-state index in [1.807, 2.05) is 25.2 Å². The molecule has 0 amide bonds. The van der Waals surface area contributed by atoms with Crippen LogP contribution in [0.15, 0.2) is 40.9 Å². The van der Waals surface area contributed by atoms with Gasteiger partial charge in [-0.2, -0.15) is 18.2 Å². The zero-order chi connectivity index (χ0) is 24.7. The SMILES string of the molecule is C=C/C=C(\C=C/C)C1CCC(C(F)(F)F)n2nc(NC3[C@@H]4CC[C@H]3CN(c3nnc(C)o3)C4)nc21. The molecule has 8 nitrogen and oxygen atoms in total. The molecule has 0 spiro atoms. The summed E-state index contributed by atoms with van der Waals surface area (Å²) in [5, 5.41) is 15.8. The van der Waals surface area contributed by atoms with E-state index in [0.29, 0.717) is 24.2 Å². The first-order valence-electron chi connectivity index (χ1n) is 12.1. The molecule has 4 heterocycles. The maximum atomic E-state index is 13.9. The Morgan fingerprint density at radius 2 is 1.89 bits per heavy atom. The number of allylic oxidation sites excluding steroid dienone is 5. The Morgan fingerprint density at radius 1 is 1.14 bits per heavy atom. The summed E-state index contributed by atoms with van der Waals surface area (Å²) < 4.78 is 48.3. The van der Waals surface area contributed by atoms with Crippen molar-refractivity contribution in [2.45, 2.75) is 63.7 Å². The number of hydrogen-bond donors (Lipinski definition) is 1. The molecule has 0 aromatic carbocycles. The molecule has 11 heteroatoms. The highest BCUT2D eigenvalue weighted by Gasteiger charge is 2.48. The quantitative estimate of drug-likeness (QED) is 0.574. The Bertz CT molecular complexity index is 1120. The molecule has 2 fully saturated rings. The van der Waals surface area contributed by atoms with Gasteiger partial charge in [-0.3, -0.25) is 0 Å². The zero-order valence-electron chi connectivity index (χ0n) is 19.9. The predicted octanol–water partition coefficient (Wildman–Crippen LogP) is 4.97. The van der Waals surface area contributed by atoms with Crippen molar-refractivity contribution in [2.75, 3.05) is 23.3 Å². The van der Waals surface area contributed by atoms with E-state index in [1.54, 1.807) is 13.0 Å². The minimum Gasteiger partial charge on any atom is -0.408 e. The fourth-order valence-electron chi connectivity index (χ4n) is 5.85. The van der Waals surface area contributed by atoms with Crippen molar-refractivity contribution in [1.82, 2.24) is 25.0 Å². The van der Waals surface area contributed by atoms with Gasteiger partial charge in [0.05, 0.1) is 0 Å².